The quantitative estimate of drug-likeness (QED) is 0.421. The Morgan fingerprint density at radius 2 is 1.66 bits per heavy atom. The van der Waals surface area contributed by atoms with Crippen molar-refractivity contribution in [1.29, 1.82) is 0 Å². The average molecular weight is 605 g/mol. The highest BCUT2D eigenvalue weighted by Gasteiger charge is 2.31. The average Bonchev–Trinajstić information content (AvgIpc) is 3.01. The van der Waals surface area contributed by atoms with Gasteiger partial charge in [-0.25, -0.2) is 4.79 Å². The molecule has 1 heterocycles. The van der Waals surface area contributed by atoms with E-state index in [1.807, 2.05) is 75.4 Å². The molecular formula is C35H44N2O7. The lowest BCUT2D eigenvalue weighted by Crippen LogP contribution is -2.49. The van der Waals surface area contributed by atoms with Crippen LogP contribution in [0.1, 0.15) is 51.7 Å². The molecule has 5 atom stereocenters. The third kappa shape index (κ3) is 11.0. The van der Waals surface area contributed by atoms with E-state index in [0.717, 1.165) is 11.1 Å². The summed E-state index contributed by atoms with van der Waals surface area (Å²) in [5.74, 6) is -2.41. The maximum Gasteiger partial charge on any atom is 0.347 e. The highest BCUT2D eigenvalue weighted by Crippen LogP contribution is 2.20. The lowest BCUT2D eigenvalue weighted by Gasteiger charge is -2.26. The van der Waals surface area contributed by atoms with Crippen LogP contribution in [0.15, 0.2) is 72.8 Å². The van der Waals surface area contributed by atoms with Gasteiger partial charge in [0.05, 0.1) is 13.0 Å². The van der Waals surface area contributed by atoms with Crippen LogP contribution in [0.2, 0.25) is 0 Å². The van der Waals surface area contributed by atoms with Crippen LogP contribution in [0.25, 0.3) is 6.08 Å². The SMILES string of the molecule is COc1ccc(CC2NC(=O)/C=C/CC([C@H](C)/C=C/c3ccccc3)OC(=O)[C@H](CC(C)C)OC(=O)[C@H](C)CNC2=O)cc1. The summed E-state index contributed by atoms with van der Waals surface area (Å²) in [7, 11) is 1.57. The Balaban J connectivity index is 1.88. The second-order valence-corrected chi connectivity index (χ2v) is 11.6. The molecule has 0 fully saturated rings. The van der Waals surface area contributed by atoms with E-state index in [4.69, 9.17) is 14.2 Å². The molecule has 0 radical (unpaired) electrons. The molecule has 0 spiro atoms. The molecule has 2 aromatic rings. The van der Waals surface area contributed by atoms with Gasteiger partial charge in [-0.15, -0.1) is 0 Å². The number of cyclic esters (lactones) is 2. The summed E-state index contributed by atoms with van der Waals surface area (Å²) in [4.78, 5) is 52.6. The van der Waals surface area contributed by atoms with Gasteiger partial charge in [-0.1, -0.05) is 88.4 Å². The number of esters is 2. The van der Waals surface area contributed by atoms with Crippen molar-refractivity contribution >= 4 is 29.8 Å². The zero-order chi connectivity index (χ0) is 32.1. The second-order valence-electron chi connectivity index (χ2n) is 11.6. The Hall–Kier alpha value is -4.40. The molecule has 0 bridgehead atoms. The summed E-state index contributed by atoms with van der Waals surface area (Å²) in [5, 5.41) is 5.52. The number of hydrogen-bond donors (Lipinski definition) is 2. The lowest BCUT2D eigenvalue weighted by atomic mass is 9.99. The molecule has 9 nitrogen and oxygen atoms in total. The normalized spacial score (nSPS) is 23.8. The van der Waals surface area contributed by atoms with Crippen molar-refractivity contribution in [3.63, 3.8) is 0 Å². The second kappa shape index (κ2) is 17.0. The van der Waals surface area contributed by atoms with Crippen LogP contribution in [0.5, 0.6) is 5.75 Å². The van der Waals surface area contributed by atoms with Gasteiger partial charge in [0.1, 0.15) is 17.9 Å². The van der Waals surface area contributed by atoms with Crippen LogP contribution in [0, 0.1) is 17.8 Å². The molecule has 0 aromatic heterocycles. The van der Waals surface area contributed by atoms with Crippen LogP contribution < -0.4 is 15.4 Å². The molecule has 1 aliphatic rings. The smallest absolute Gasteiger partial charge is 0.347 e. The minimum absolute atomic E-state index is 0.0319. The molecule has 1 aliphatic heterocycles. The molecule has 44 heavy (non-hydrogen) atoms. The number of ether oxygens (including phenoxy) is 3. The maximum atomic E-state index is 13.4. The van der Waals surface area contributed by atoms with E-state index >= 15 is 0 Å². The van der Waals surface area contributed by atoms with Crippen molar-refractivity contribution in [1.82, 2.24) is 10.6 Å². The molecule has 2 aromatic carbocycles. The molecule has 0 aliphatic carbocycles. The van der Waals surface area contributed by atoms with E-state index in [2.05, 4.69) is 10.6 Å². The van der Waals surface area contributed by atoms with E-state index < -0.39 is 47.9 Å². The minimum Gasteiger partial charge on any atom is -0.497 e. The highest BCUT2D eigenvalue weighted by atomic mass is 16.6. The van der Waals surface area contributed by atoms with Crippen LogP contribution >= 0.6 is 0 Å². The molecule has 2 unspecified atom stereocenters. The Morgan fingerprint density at radius 1 is 0.955 bits per heavy atom. The van der Waals surface area contributed by atoms with Crippen LogP contribution in [-0.4, -0.2) is 55.7 Å². The summed E-state index contributed by atoms with van der Waals surface area (Å²) >= 11 is 0. The van der Waals surface area contributed by atoms with E-state index in [1.165, 1.54) is 6.08 Å². The Labute approximate surface area is 260 Å². The summed E-state index contributed by atoms with van der Waals surface area (Å²) in [6.45, 7) is 7.36. The highest BCUT2D eigenvalue weighted by molar-refractivity contribution is 5.93. The van der Waals surface area contributed by atoms with Gasteiger partial charge < -0.3 is 24.8 Å². The third-order valence-corrected chi connectivity index (χ3v) is 7.31. The van der Waals surface area contributed by atoms with Gasteiger partial charge in [0.15, 0.2) is 6.10 Å². The van der Waals surface area contributed by atoms with Crippen molar-refractivity contribution < 1.29 is 33.4 Å². The standard InChI is InChI=1S/C35H44N2O7/c1-23(2)20-31-35(41)43-30(24(3)14-15-26-10-7-6-8-11-26)12-9-13-32(38)37-29(21-27-16-18-28(42-5)19-17-27)33(39)36-22-25(4)34(40)44-31/h6-11,13-19,23-25,29-31H,12,20-22H2,1-5H3,(H,36,39)(H,37,38)/b13-9+,15-14+/t24-,25-,29?,30?,31+/m1/s1. The van der Waals surface area contributed by atoms with Gasteiger partial charge in [-0.3, -0.25) is 14.4 Å². The van der Waals surface area contributed by atoms with Crippen molar-refractivity contribution in [3.8, 4) is 5.75 Å². The number of amides is 2. The first-order valence-electron chi connectivity index (χ1n) is 15.1. The third-order valence-electron chi connectivity index (χ3n) is 7.31. The molecule has 3 rings (SSSR count). The van der Waals surface area contributed by atoms with Crippen LogP contribution in [0.3, 0.4) is 0 Å². The van der Waals surface area contributed by atoms with E-state index in [-0.39, 0.29) is 37.6 Å². The van der Waals surface area contributed by atoms with Gasteiger partial charge in [0.2, 0.25) is 11.8 Å². The summed E-state index contributed by atoms with van der Waals surface area (Å²) in [6.07, 6.45) is 5.87. The maximum absolute atomic E-state index is 13.4. The molecule has 0 saturated heterocycles. The Bertz CT molecular complexity index is 1300. The first kappa shape index (κ1) is 34.1. The summed E-state index contributed by atoms with van der Waals surface area (Å²) in [5.41, 5.74) is 1.82. The van der Waals surface area contributed by atoms with Gasteiger partial charge in [-0.05, 0) is 41.7 Å². The number of methoxy groups -OCH3 is 1. The predicted octanol–water partition coefficient (Wildman–Crippen LogP) is 4.65. The number of nitrogens with one attached hydrogen (secondary N) is 2. The van der Waals surface area contributed by atoms with Crippen LogP contribution in [0.4, 0.5) is 0 Å². The fraction of sp³-hybridized carbons (Fsp3) is 0.429. The molecule has 9 heteroatoms. The number of rotatable bonds is 8. The molecule has 0 saturated carbocycles. The Morgan fingerprint density at radius 3 is 2.32 bits per heavy atom. The number of carbonyl (C=O) groups excluding carboxylic acids is 4. The monoisotopic (exact) mass is 604 g/mol. The zero-order valence-electron chi connectivity index (χ0n) is 26.2. The van der Waals surface area contributed by atoms with Gasteiger partial charge in [0, 0.05) is 25.3 Å². The predicted molar refractivity (Wildman–Crippen MR) is 168 cm³/mol. The van der Waals surface area contributed by atoms with Crippen molar-refractivity contribution in [2.75, 3.05) is 13.7 Å². The summed E-state index contributed by atoms with van der Waals surface area (Å²) < 4.78 is 16.8. The fourth-order valence-corrected chi connectivity index (χ4v) is 4.62. The first-order chi connectivity index (χ1) is 21.0. The number of benzene rings is 2. The molecule has 236 valence electrons. The first-order valence-corrected chi connectivity index (χ1v) is 15.1. The molecule has 2 amide bonds. The van der Waals surface area contributed by atoms with E-state index in [9.17, 15) is 19.2 Å². The van der Waals surface area contributed by atoms with E-state index in [0.29, 0.717) is 5.75 Å². The van der Waals surface area contributed by atoms with E-state index in [1.54, 1.807) is 32.2 Å². The van der Waals surface area contributed by atoms with Gasteiger partial charge >= 0.3 is 11.9 Å². The van der Waals surface area contributed by atoms with Gasteiger partial charge in [0.25, 0.3) is 0 Å². The fourth-order valence-electron chi connectivity index (χ4n) is 4.62. The summed E-state index contributed by atoms with van der Waals surface area (Å²) in [6, 6.07) is 16.1. The molecule has 2 N–H and O–H groups in total. The topological polar surface area (TPSA) is 120 Å². The molecular weight excluding hydrogens is 560 g/mol. The Kier molecular flexibility index (Phi) is 13.2. The van der Waals surface area contributed by atoms with Gasteiger partial charge in [-0.2, -0.15) is 0 Å². The largest absolute Gasteiger partial charge is 0.497 e. The number of carbonyl (C=O) groups is 4. The zero-order valence-corrected chi connectivity index (χ0v) is 26.2. The van der Waals surface area contributed by atoms with Crippen molar-refractivity contribution in [2.45, 2.75) is 65.2 Å². The van der Waals surface area contributed by atoms with Crippen LogP contribution in [-0.2, 0) is 35.1 Å². The number of hydrogen-bond acceptors (Lipinski definition) is 7. The lowest BCUT2D eigenvalue weighted by molar-refractivity contribution is -0.175. The van der Waals surface area contributed by atoms with Crippen molar-refractivity contribution in [3.05, 3.63) is 84.0 Å². The van der Waals surface area contributed by atoms with Crippen molar-refractivity contribution in [2.24, 2.45) is 17.8 Å². The minimum atomic E-state index is -1.10.